The van der Waals surface area contributed by atoms with Crippen molar-refractivity contribution in [2.75, 3.05) is 11.9 Å². The Bertz CT molecular complexity index is 516. The fourth-order valence-corrected chi connectivity index (χ4v) is 1.43. The maximum absolute atomic E-state index is 13.4. The molecule has 0 radical (unpaired) electrons. The minimum atomic E-state index is -1.35. The van der Waals surface area contributed by atoms with E-state index < -0.39 is 28.9 Å². The van der Waals surface area contributed by atoms with Crippen LogP contribution in [0.2, 0.25) is 0 Å². The van der Waals surface area contributed by atoms with Crippen LogP contribution in [0.3, 0.4) is 0 Å². The molecule has 2 amide bonds. The molecule has 0 aliphatic heterocycles. The monoisotopic (exact) mass is 284 g/mol. The summed E-state index contributed by atoms with van der Waals surface area (Å²) in [6.07, 6.45) is 0.746. The molecule has 0 unspecified atom stereocenters. The molecule has 1 aromatic carbocycles. The van der Waals surface area contributed by atoms with E-state index in [-0.39, 0.29) is 5.69 Å². The summed E-state index contributed by atoms with van der Waals surface area (Å²) in [5.74, 6) is -2.72. The lowest BCUT2D eigenvalue weighted by molar-refractivity contribution is -0.138. The van der Waals surface area contributed by atoms with Crippen LogP contribution in [-0.4, -0.2) is 18.4 Å². The van der Waals surface area contributed by atoms with E-state index in [1.165, 1.54) is 13.8 Å². The van der Waals surface area contributed by atoms with Gasteiger partial charge in [-0.25, -0.2) is 8.78 Å². The summed E-state index contributed by atoms with van der Waals surface area (Å²) in [4.78, 5) is 23.9. The summed E-state index contributed by atoms with van der Waals surface area (Å²) in [5, 5.41) is 4.90. The normalized spacial score (nSPS) is 11.1. The molecular weight excluding hydrogens is 266 g/mol. The van der Waals surface area contributed by atoms with Gasteiger partial charge >= 0.3 is 0 Å². The number of carbonyl (C=O) groups is 2. The predicted octanol–water partition coefficient (Wildman–Crippen LogP) is 2.46. The first kappa shape index (κ1) is 16.1. The van der Waals surface area contributed by atoms with Crippen LogP contribution < -0.4 is 10.6 Å². The summed E-state index contributed by atoms with van der Waals surface area (Å²) in [6.45, 7) is 5.23. The van der Waals surface area contributed by atoms with Crippen molar-refractivity contribution in [1.82, 2.24) is 5.32 Å². The van der Waals surface area contributed by atoms with E-state index in [0.717, 1.165) is 18.6 Å². The second-order valence-electron chi connectivity index (χ2n) is 4.96. The van der Waals surface area contributed by atoms with Crippen molar-refractivity contribution in [2.45, 2.75) is 27.2 Å². The van der Waals surface area contributed by atoms with Crippen LogP contribution in [0.1, 0.15) is 27.2 Å². The third-order valence-electron chi connectivity index (χ3n) is 2.85. The molecule has 0 fully saturated rings. The lowest BCUT2D eigenvalue weighted by atomic mass is 9.91. The highest BCUT2D eigenvalue weighted by Gasteiger charge is 2.36. The number of amides is 2. The van der Waals surface area contributed by atoms with Crippen LogP contribution in [0.5, 0.6) is 0 Å². The maximum Gasteiger partial charge on any atom is 0.239 e. The van der Waals surface area contributed by atoms with Gasteiger partial charge in [-0.3, -0.25) is 9.59 Å². The second-order valence-corrected chi connectivity index (χ2v) is 4.96. The fourth-order valence-electron chi connectivity index (χ4n) is 1.43. The third-order valence-corrected chi connectivity index (χ3v) is 2.85. The van der Waals surface area contributed by atoms with Crippen molar-refractivity contribution in [3.63, 3.8) is 0 Å². The van der Waals surface area contributed by atoms with Gasteiger partial charge in [0.1, 0.15) is 17.0 Å². The molecule has 6 heteroatoms. The van der Waals surface area contributed by atoms with Crippen LogP contribution in [0.15, 0.2) is 18.2 Å². The molecule has 20 heavy (non-hydrogen) atoms. The fraction of sp³-hybridized carbons (Fsp3) is 0.429. The zero-order valence-electron chi connectivity index (χ0n) is 11.7. The van der Waals surface area contributed by atoms with Gasteiger partial charge in [-0.15, -0.1) is 0 Å². The maximum atomic E-state index is 13.4. The molecule has 0 atom stereocenters. The van der Waals surface area contributed by atoms with Crippen molar-refractivity contribution >= 4 is 17.5 Å². The average Bonchev–Trinajstić information content (AvgIpc) is 2.38. The molecule has 2 N–H and O–H groups in total. The van der Waals surface area contributed by atoms with Gasteiger partial charge in [-0.2, -0.15) is 0 Å². The first-order valence-corrected chi connectivity index (χ1v) is 6.33. The van der Waals surface area contributed by atoms with Crippen LogP contribution in [0.4, 0.5) is 14.5 Å². The molecule has 0 saturated heterocycles. The Morgan fingerprint density at radius 1 is 1.20 bits per heavy atom. The smallest absolute Gasteiger partial charge is 0.239 e. The SMILES string of the molecule is CCCNC(=O)C(C)(C)C(=O)Nc1ccc(F)cc1F. The Labute approximate surface area is 116 Å². The van der Waals surface area contributed by atoms with E-state index >= 15 is 0 Å². The Balaban J connectivity index is 2.81. The summed E-state index contributed by atoms with van der Waals surface area (Å²) >= 11 is 0. The van der Waals surface area contributed by atoms with Crippen molar-refractivity contribution in [1.29, 1.82) is 0 Å². The first-order valence-electron chi connectivity index (χ1n) is 6.33. The minimum Gasteiger partial charge on any atom is -0.355 e. The van der Waals surface area contributed by atoms with Gasteiger partial charge in [0.2, 0.25) is 11.8 Å². The van der Waals surface area contributed by atoms with Crippen molar-refractivity contribution in [3.05, 3.63) is 29.8 Å². The molecule has 0 saturated carbocycles. The number of hydrogen-bond donors (Lipinski definition) is 2. The highest BCUT2D eigenvalue weighted by molar-refractivity contribution is 6.09. The Hall–Kier alpha value is -1.98. The Morgan fingerprint density at radius 2 is 1.85 bits per heavy atom. The number of halogens is 2. The molecule has 0 heterocycles. The average molecular weight is 284 g/mol. The second kappa shape index (κ2) is 6.45. The van der Waals surface area contributed by atoms with Crippen LogP contribution in [-0.2, 0) is 9.59 Å². The lowest BCUT2D eigenvalue weighted by Gasteiger charge is -2.22. The standard InChI is InChI=1S/C14H18F2N2O2/c1-4-7-17-12(19)14(2,3)13(20)18-11-6-5-9(15)8-10(11)16/h5-6,8H,4,7H2,1-3H3,(H,17,19)(H,18,20). The van der Waals surface area contributed by atoms with Gasteiger partial charge < -0.3 is 10.6 Å². The number of benzene rings is 1. The number of anilines is 1. The lowest BCUT2D eigenvalue weighted by Crippen LogP contribution is -2.45. The van der Waals surface area contributed by atoms with E-state index in [1.807, 2.05) is 6.92 Å². The van der Waals surface area contributed by atoms with E-state index in [4.69, 9.17) is 0 Å². The quantitative estimate of drug-likeness (QED) is 0.816. The van der Waals surface area contributed by atoms with Crippen molar-refractivity contribution in [3.8, 4) is 0 Å². The van der Waals surface area contributed by atoms with E-state index in [0.29, 0.717) is 12.6 Å². The molecule has 0 aliphatic rings. The first-order chi connectivity index (χ1) is 9.28. The molecule has 110 valence electrons. The van der Waals surface area contributed by atoms with Crippen molar-refractivity contribution in [2.24, 2.45) is 5.41 Å². The highest BCUT2D eigenvalue weighted by atomic mass is 19.1. The summed E-state index contributed by atoms with van der Waals surface area (Å²) < 4.78 is 26.2. The van der Waals surface area contributed by atoms with Crippen LogP contribution in [0, 0.1) is 17.0 Å². The zero-order valence-corrected chi connectivity index (χ0v) is 11.7. The number of rotatable bonds is 5. The topological polar surface area (TPSA) is 58.2 Å². The number of carbonyl (C=O) groups excluding carboxylic acids is 2. The van der Waals surface area contributed by atoms with Gasteiger partial charge in [0.25, 0.3) is 0 Å². The summed E-state index contributed by atoms with van der Waals surface area (Å²) in [5.41, 5.74) is -1.51. The predicted molar refractivity (Wildman–Crippen MR) is 72.1 cm³/mol. The van der Waals surface area contributed by atoms with Gasteiger partial charge in [0, 0.05) is 12.6 Å². The third kappa shape index (κ3) is 3.76. The largest absolute Gasteiger partial charge is 0.355 e. The minimum absolute atomic E-state index is 0.159. The molecule has 1 aromatic rings. The number of nitrogens with one attached hydrogen (secondary N) is 2. The molecule has 0 bridgehead atoms. The molecule has 1 rings (SSSR count). The molecule has 0 aliphatic carbocycles. The zero-order chi connectivity index (χ0) is 15.3. The highest BCUT2D eigenvalue weighted by Crippen LogP contribution is 2.21. The van der Waals surface area contributed by atoms with E-state index in [2.05, 4.69) is 10.6 Å². The van der Waals surface area contributed by atoms with Gasteiger partial charge in [-0.1, -0.05) is 6.92 Å². The Kier molecular flexibility index (Phi) is 5.19. The molecule has 4 nitrogen and oxygen atoms in total. The molecular formula is C14H18F2N2O2. The summed E-state index contributed by atoms with van der Waals surface area (Å²) in [6, 6.07) is 2.81. The molecule has 0 aromatic heterocycles. The van der Waals surface area contributed by atoms with E-state index in [9.17, 15) is 18.4 Å². The van der Waals surface area contributed by atoms with Crippen molar-refractivity contribution < 1.29 is 18.4 Å². The molecule has 0 spiro atoms. The van der Waals surface area contributed by atoms with Crippen LogP contribution in [0.25, 0.3) is 0 Å². The van der Waals surface area contributed by atoms with Crippen LogP contribution >= 0.6 is 0 Å². The van der Waals surface area contributed by atoms with Gasteiger partial charge in [-0.05, 0) is 32.4 Å². The van der Waals surface area contributed by atoms with E-state index in [1.54, 1.807) is 0 Å². The van der Waals surface area contributed by atoms with Gasteiger partial charge in [0.15, 0.2) is 0 Å². The van der Waals surface area contributed by atoms with Gasteiger partial charge in [0.05, 0.1) is 5.69 Å². The number of hydrogen-bond acceptors (Lipinski definition) is 2. The Morgan fingerprint density at radius 3 is 2.40 bits per heavy atom. The summed E-state index contributed by atoms with van der Waals surface area (Å²) in [7, 11) is 0.